The Morgan fingerprint density at radius 2 is 2.00 bits per heavy atom. The molecule has 0 bridgehead atoms. The molecule has 0 saturated heterocycles. The number of rotatable bonds is 2. The molecule has 3 rings (SSSR count). The topological polar surface area (TPSA) is 0 Å². The van der Waals surface area contributed by atoms with E-state index < -0.39 is 0 Å². The standard InChI is InChI=1S/C16H19.Hf/c1-3-11(2)14-10-9-13-8-7-12-5-4-6-15(12)16(13)14;/h7-8,11H,3-6,9H2,1-2H3;. The van der Waals surface area contributed by atoms with Crippen LogP contribution < -0.4 is 0 Å². The van der Waals surface area contributed by atoms with E-state index in [-0.39, 0.29) is 0 Å². The summed E-state index contributed by atoms with van der Waals surface area (Å²) < 4.78 is 1.76. The molecule has 17 heavy (non-hydrogen) atoms. The van der Waals surface area contributed by atoms with Crippen LogP contribution in [0.15, 0.2) is 15.5 Å². The summed E-state index contributed by atoms with van der Waals surface area (Å²) in [4.78, 5) is 0. The van der Waals surface area contributed by atoms with Crippen LogP contribution in [0, 0.1) is 5.92 Å². The van der Waals surface area contributed by atoms with Crippen molar-refractivity contribution < 1.29 is 24.4 Å². The van der Waals surface area contributed by atoms with Crippen molar-refractivity contribution in [1.82, 2.24) is 0 Å². The average molecular weight is 390 g/mol. The summed E-state index contributed by atoms with van der Waals surface area (Å²) >= 11 is 1.24. The normalized spacial score (nSPS) is 19.4. The van der Waals surface area contributed by atoms with Crippen molar-refractivity contribution >= 4 is 5.57 Å². The summed E-state index contributed by atoms with van der Waals surface area (Å²) in [6.45, 7) is 4.74. The van der Waals surface area contributed by atoms with E-state index in [1.165, 1.54) is 56.5 Å². The molecule has 1 atom stereocenters. The third-order valence-electron chi connectivity index (χ3n) is 4.44. The predicted octanol–water partition coefficient (Wildman–Crippen LogP) is 4.04. The van der Waals surface area contributed by atoms with E-state index in [0.717, 1.165) is 5.92 Å². The van der Waals surface area contributed by atoms with Crippen LogP contribution >= 0.6 is 0 Å². The molecular weight excluding hydrogens is 371 g/mol. The Labute approximate surface area is 119 Å². The Balaban J connectivity index is 2.17. The average Bonchev–Trinajstić information content (AvgIpc) is 2.90. The fourth-order valence-electron chi connectivity index (χ4n) is 3.38. The first-order valence-corrected chi connectivity index (χ1v) is 8.60. The maximum absolute atomic E-state index is 2.41. The van der Waals surface area contributed by atoms with E-state index in [4.69, 9.17) is 0 Å². The van der Waals surface area contributed by atoms with Gasteiger partial charge in [-0.3, -0.25) is 0 Å². The van der Waals surface area contributed by atoms with Crippen LogP contribution in [0.1, 0.15) is 48.9 Å². The quantitative estimate of drug-likeness (QED) is 0.670. The van der Waals surface area contributed by atoms with E-state index in [2.05, 4.69) is 26.0 Å². The Kier molecular flexibility index (Phi) is 3.15. The van der Waals surface area contributed by atoms with Gasteiger partial charge in [-0.2, -0.15) is 0 Å². The fourth-order valence-corrected chi connectivity index (χ4v) is 5.40. The van der Waals surface area contributed by atoms with Gasteiger partial charge in [-0.15, -0.1) is 0 Å². The molecule has 0 amide bonds. The van der Waals surface area contributed by atoms with E-state index in [1.54, 1.807) is 31.2 Å². The number of hydrogen-bond acceptors (Lipinski definition) is 0. The number of hydrogen-bond donors (Lipinski definition) is 0. The van der Waals surface area contributed by atoms with Gasteiger partial charge in [0.2, 0.25) is 0 Å². The summed E-state index contributed by atoms with van der Waals surface area (Å²) in [6, 6.07) is 4.81. The van der Waals surface area contributed by atoms with Crippen LogP contribution in [-0.2, 0) is 43.6 Å². The Bertz CT molecular complexity index is 496. The number of fused-ring (bicyclic) bond motifs is 3. The van der Waals surface area contributed by atoms with Crippen molar-refractivity contribution in [2.24, 2.45) is 5.92 Å². The number of aryl methyl sites for hydroxylation is 1. The fraction of sp³-hybridized carbons (Fsp3) is 0.500. The zero-order chi connectivity index (χ0) is 12.0. The third kappa shape index (κ3) is 1.82. The number of benzene rings is 1. The van der Waals surface area contributed by atoms with Crippen LogP contribution in [0.3, 0.4) is 0 Å². The monoisotopic (exact) mass is 391 g/mol. The summed E-state index contributed by atoms with van der Waals surface area (Å²) in [5.41, 5.74) is 8.42. The second kappa shape index (κ2) is 4.50. The van der Waals surface area contributed by atoms with E-state index >= 15 is 0 Å². The van der Waals surface area contributed by atoms with Crippen LogP contribution in [0.2, 0.25) is 0 Å². The molecule has 1 unspecified atom stereocenters. The minimum absolute atomic E-state index is 0.760. The van der Waals surface area contributed by atoms with E-state index in [0.29, 0.717) is 0 Å². The predicted molar refractivity (Wildman–Crippen MR) is 68.5 cm³/mol. The molecule has 2 aliphatic carbocycles. The van der Waals surface area contributed by atoms with E-state index in [9.17, 15) is 0 Å². The molecule has 0 spiro atoms. The van der Waals surface area contributed by atoms with Crippen molar-refractivity contribution in [1.29, 1.82) is 0 Å². The molecule has 2 aliphatic rings. The number of allylic oxidation sites excluding steroid dienone is 2. The van der Waals surface area contributed by atoms with Crippen LogP contribution in [0.5, 0.6) is 0 Å². The van der Waals surface area contributed by atoms with Gasteiger partial charge in [0, 0.05) is 0 Å². The molecule has 0 N–H and O–H groups in total. The van der Waals surface area contributed by atoms with Crippen molar-refractivity contribution in [2.45, 2.75) is 46.0 Å². The summed E-state index contributed by atoms with van der Waals surface area (Å²) in [6.07, 6.45) is 6.55. The third-order valence-corrected chi connectivity index (χ3v) is 6.04. The van der Waals surface area contributed by atoms with Crippen molar-refractivity contribution in [3.8, 4) is 0 Å². The van der Waals surface area contributed by atoms with Gasteiger partial charge in [-0.05, 0) is 0 Å². The molecule has 0 fully saturated rings. The molecule has 1 aromatic carbocycles. The van der Waals surface area contributed by atoms with Gasteiger partial charge in [0.1, 0.15) is 0 Å². The van der Waals surface area contributed by atoms with Gasteiger partial charge in [0.25, 0.3) is 0 Å². The zero-order valence-corrected chi connectivity index (χ0v) is 14.4. The first-order valence-electron chi connectivity index (χ1n) is 6.81. The van der Waals surface area contributed by atoms with Gasteiger partial charge in [-0.25, -0.2) is 0 Å². The Morgan fingerprint density at radius 3 is 2.76 bits per heavy atom. The first-order chi connectivity index (χ1) is 8.22. The molecule has 0 aromatic heterocycles. The van der Waals surface area contributed by atoms with Gasteiger partial charge in [0.05, 0.1) is 0 Å². The molecule has 1 heteroatoms. The Morgan fingerprint density at radius 1 is 1.24 bits per heavy atom. The zero-order valence-electron chi connectivity index (χ0n) is 10.8. The van der Waals surface area contributed by atoms with Gasteiger partial charge in [0.15, 0.2) is 0 Å². The van der Waals surface area contributed by atoms with Gasteiger partial charge < -0.3 is 0 Å². The van der Waals surface area contributed by atoms with Crippen LogP contribution in [-0.4, -0.2) is 0 Å². The van der Waals surface area contributed by atoms with Crippen molar-refractivity contribution in [3.05, 3.63) is 37.7 Å². The molecule has 0 aliphatic heterocycles. The molecule has 0 heterocycles. The molecule has 1 aromatic rings. The minimum atomic E-state index is 0.760. The van der Waals surface area contributed by atoms with Crippen LogP contribution in [0.4, 0.5) is 0 Å². The SMILES string of the molecule is CCC(C)C1=[C]([Hf])Cc2ccc3c(c21)CCC3. The van der Waals surface area contributed by atoms with Gasteiger partial charge in [-0.1, -0.05) is 0 Å². The van der Waals surface area contributed by atoms with Crippen molar-refractivity contribution in [2.75, 3.05) is 0 Å². The molecular formula is C16H19Hf. The van der Waals surface area contributed by atoms with Crippen molar-refractivity contribution in [3.63, 3.8) is 0 Å². The molecule has 87 valence electrons. The maximum atomic E-state index is 2.41. The Hall–Kier alpha value is -0.170. The summed E-state index contributed by atoms with van der Waals surface area (Å²) in [7, 11) is 0. The summed E-state index contributed by atoms with van der Waals surface area (Å²) in [5.74, 6) is 0.760. The molecule has 0 nitrogen and oxygen atoms in total. The second-order valence-corrected chi connectivity index (χ2v) is 7.64. The molecule has 0 saturated carbocycles. The molecule has 0 radical (unpaired) electrons. The van der Waals surface area contributed by atoms with E-state index in [1.807, 2.05) is 0 Å². The van der Waals surface area contributed by atoms with Gasteiger partial charge >= 0.3 is 120 Å². The first kappa shape index (κ1) is 11.9. The van der Waals surface area contributed by atoms with Crippen LogP contribution in [0.25, 0.3) is 5.57 Å². The summed E-state index contributed by atoms with van der Waals surface area (Å²) in [5, 5.41) is 0. The second-order valence-electron chi connectivity index (χ2n) is 5.47.